The molecule has 0 aliphatic heterocycles. The summed E-state index contributed by atoms with van der Waals surface area (Å²) < 4.78 is 2.80. The van der Waals surface area contributed by atoms with Gasteiger partial charge in [-0.25, -0.2) is 9.78 Å². The summed E-state index contributed by atoms with van der Waals surface area (Å²) in [5.74, 6) is -1.22. The zero-order valence-electron chi connectivity index (χ0n) is 12.3. The molecule has 0 radical (unpaired) electrons. The summed E-state index contributed by atoms with van der Waals surface area (Å²) in [7, 11) is 1.49. The van der Waals surface area contributed by atoms with Gasteiger partial charge in [-0.05, 0) is 13.8 Å². The van der Waals surface area contributed by atoms with Gasteiger partial charge in [0.05, 0.1) is 5.97 Å². The third-order valence-corrected chi connectivity index (χ3v) is 4.18. The monoisotopic (exact) mass is 323 g/mol. The Hall–Kier alpha value is -2.29. The van der Waals surface area contributed by atoms with E-state index in [1.54, 1.807) is 16.7 Å². The van der Waals surface area contributed by atoms with Crippen LogP contribution >= 0.6 is 11.8 Å². The summed E-state index contributed by atoms with van der Waals surface area (Å²) in [4.78, 5) is 41.1. The average Bonchev–Trinajstić information content (AvgIpc) is 2.81. The summed E-state index contributed by atoms with van der Waals surface area (Å²) in [6, 6.07) is 0. The number of thioether (sulfide) groups is 1. The molecule has 0 unspecified atom stereocenters. The second-order valence-corrected chi connectivity index (χ2v) is 5.95. The normalized spacial score (nSPS) is 13.0. The Morgan fingerprint density at radius 2 is 2.18 bits per heavy atom. The van der Waals surface area contributed by atoms with Crippen LogP contribution in [0.1, 0.15) is 13.8 Å². The van der Waals surface area contributed by atoms with Gasteiger partial charge in [0, 0.05) is 18.8 Å². The minimum atomic E-state index is -1.22. The molecular weight excluding hydrogens is 308 g/mol. The molecule has 1 atom stereocenters. The zero-order valence-corrected chi connectivity index (χ0v) is 13.1. The van der Waals surface area contributed by atoms with Gasteiger partial charge in [0.1, 0.15) is 0 Å². The molecule has 0 spiro atoms. The van der Waals surface area contributed by atoms with Crippen LogP contribution in [0.15, 0.2) is 26.9 Å². The van der Waals surface area contributed by atoms with Gasteiger partial charge in [-0.15, -0.1) is 0 Å². The smallest absolute Gasteiger partial charge is 0.329 e. The Kier molecular flexibility index (Phi) is 4.55. The van der Waals surface area contributed by atoms with E-state index >= 15 is 0 Å². The minimum Gasteiger partial charge on any atom is -0.549 e. The molecule has 9 heteroatoms. The fourth-order valence-corrected chi connectivity index (χ4v) is 2.74. The van der Waals surface area contributed by atoms with Crippen LogP contribution in [0.5, 0.6) is 0 Å². The van der Waals surface area contributed by atoms with Crippen molar-refractivity contribution in [1.82, 2.24) is 19.1 Å². The van der Waals surface area contributed by atoms with E-state index in [4.69, 9.17) is 0 Å². The number of hydrogen-bond acceptors (Lipinski definition) is 6. The van der Waals surface area contributed by atoms with Gasteiger partial charge in [-0.2, -0.15) is 0 Å². The zero-order chi connectivity index (χ0) is 16.4. The molecule has 2 rings (SSSR count). The predicted molar refractivity (Wildman–Crippen MR) is 80.7 cm³/mol. The van der Waals surface area contributed by atoms with E-state index in [-0.39, 0.29) is 11.2 Å². The largest absolute Gasteiger partial charge is 0.549 e. The van der Waals surface area contributed by atoms with E-state index in [0.717, 1.165) is 11.8 Å². The van der Waals surface area contributed by atoms with Gasteiger partial charge >= 0.3 is 5.69 Å². The number of aliphatic carboxylic acids is 1. The first-order chi connectivity index (χ1) is 10.4. The first kappa shape index (κ1) is 16.1. The quantitative estimate of drug-likeness (QED) is 0.571. The molecule has 2 aromatic rings. The van der Waals surface area contributed by atoms with Gasteiger partial charge in [-0.3, -0.25) is 14.3 Å². The van der Waals surface area contributed by atoms with Crippen molar-refractivity contribution in [2.45, 2.75) is 30.8 Å². The number of nitrogens with zero attached hydrogens (tertiary/aromatic N) is 3. The number of fused-ring (bicyclic) bond motifs is 1. The number of hydrogen-bond donors (Lipinski definition) is 1. The molecule has 0 saturated carbocycles. The molecule has 0 aliphatic carbocycles. The molecule has 0 bridgehead atoms. The highest BCUT2D eigenvalue weighted by Gasteiger charge is 2.19. The molecule has 0 aliphatic rings. The predicted octanol–water partition coefficient (Wildman–Crippen LogP) is -0.770. The number of aryl methyl sites for hydroxylation is 1. The van der Waals surface area contributed by atoms with Crippen LogP contribution < -0.4 is 16.4 Å². The van der Waals surface area contributed by atoms with Gasteiger partial charge in [0.2, 0.25) is 0 Å². The molecule has 0 saturated heterocycles. The van der Waals surface area contributed by atoms with Gasteiger partial charge in [-0.1, -0.05) is 23.9 Å². The first-order valence-corrected chi connectivity index (χ1v) is 7.43. The highest BCUT2D eigenvalue weighted by molar-refractivity contribution is 8.00. The third kappa shape index (κ3) is 2.84. The van der Waals surface area contributed by atoms with E-state index in [9.17, 15) is 19.5 Å². The SMILES string of the molecule is C/C=C/Cn1c(S[C@H](C)C(=O)[O-])nc2c1c(=O)[nH]c(=O)n2C. The lowest BCUT2D eigenvalue weighted by Gasteiger charge is -2.12. The summed E-state index contributed by atoms with van der Waals surface area (Å²) in [5, 5.41) is 10.4. The fourth-order valence-electron chi connectivity index (χ4n) is 1.89. The van der Waals surface area contributed by atoms with Gasteiger partial charge in [0.25, 0.3) is 5.56 Å². The van der Waals surface area contributed by atoms with E-state index in [2.05, 4.69) is 9.97 Å². The summed E-state index contributed by atoms with van der Waals surface area (Å²) >= 11 is 0.966. The number of rotatable bonds is 5. The number of carbonyl (C=O) groups is 1. The van der Waals surface area contributed by atoms with Crippen LogP contribution in [0.2, 0.25) is 0 Å². The number of H-pyrrole nitrogens is 1. The number of carboxylic acids is 1. The molecule has 22 heavy (non-hydrogen) atoms. The Balaban J connectivity index is 2.72. The van der Waals surface area contributed by atoms with Crippen molar-refractivity contribution in [1.29, 1.82) is 0 Å². The number of aromatic nitrogens is 4. The lowest BCUT2D eigenvalue weighted by atomic mass is 10.4. The second kappa shape index (κ2) is 6.22. The Labute approximate surface area is 129 Å². The Morgan fingerprint density at radius 1 is 1.50 bits per heavy atom. The van der Waals surface area contributed by atoms with Crippen molar-refractivity contribution in [2.75, 3.05) is 0 Å². The fraction of sp³-hybridized carbons (Fsp3) is 0.385. The molecule has 118 valence electrons. The lowest BCUT2D eigenvalue weighted by Crippen LogP contribution is -2.31. The van der Waals surface area contributed by atoms with Crippen molar-refractivity contribution < 1.29 is 9.90 Å². The molecule has 2 heterocycles. The van der Waals surface area contributed by atoms with Crippen molar-refractivity contribution in [3.63, 3.8) is 0 Å². The maximum atomic E-state index is 12.1. The maximum absolute atomic E-state index is 12.1. The molecule has 8 nitrogen and oxygen atoms in total. The summed E-state index contributed by atoms with van der Waals surface area (Å²) in [5.41, 5.74) is -0.680. The summed E-state index contributed by atoms with van der Waals surface area (Å²) in [6.07, 6.45) is 3.61. The molecular formula is C13H15N4O4S-. The van der Waals surface area contributed by atoms with Crippen molar-refractivity contribution in [3.05, 3.63) is 33.0 Å². The highest BCUT2D eigenvalue weighted by atomic mass is 32.2. The Bertz CT molecular complexity index is 861. The van der Waals surface area contributed by atoms with Crippen LogP contribution in [0.25, 0.3) is 11.2 Å². The Morgan fingerprint density at radius 3 is 2.77 bits per heavy atom. The molecule has 0 fully saturated rings. The first-order valence-electron chi connectivity index (χ1n) is 6.55. The maximum Gasteiger partial charge on any atom is 0.329 e. The van der Waals surface area contributed by atoms with Crippen LogP contribution in [-0.4, -0.2) is 30.3 Å². The van der Waals surface area contributed by atoms with Crippen LogP contribution in [0, 0.1) is 0 Å². The standard InChI is InChI=1S/C13H16N4O4S/c1-4-5-6-17-8-9(16(3)12(21)15-10(8)18)14-13(17)22-7(2)11(19)20/h4-5,7H,6H2,1-3H3,(H,19,20)(H,15,18,21)/p-1/b5-4+/t7-/m1/s1. The van der Waals surface area contributed by atoms with Crippen LogP contribution in [-0.2, 0) is 18.4 Å². The second-order valence-electron chi connectivity index (χ2n) is 4.64. The van der Waals surface area contributed by atoms with Crippen LogP contribution in [0.3, 0.4) is 0 Å². The summed E-state index contributed by atoms with van der Waals surface area (Å²) in [6.45, 7) is 3.65. The molecule has 2 aromatic heterocycles. The average molecular weight is 323 g/mol. The number of carboxylic acid groups (broad SMARTS) is 1. The number of nitrogens with one attached hydrogen (secondary N) is 1. The molecule has 0 amide bonds. The van der Waals surface area contributed by atoms with Crippen LogP contribution in [0.4, 0.5) is 0 Å². The number of carbonyl (C=O) groups excluding carboxylic acids is 1. The van der Waals surface area contributed by atoms with E-state index in [1.807, 2.05) is 6.92 Å². The highest BCUT2D eigenvalue weighted by Crippen LogP contribution is 2.25. The number of allylic oxidation sites excluding steroid dienone is 2. The topological polar surface area (TPSA) is 113 Å². The van der Waals surface area contributed by atoms with E-state index < -0.39 is 22.5 Å². The lowest BCUT2D eigenvalue weighted by molar-refractivity contribution is -0.304. The molecule has 1 N–H and O–H groups in total. The number of aromatic amines is 1. The number of imidazole rings is 1. The molecule has 0 aromatic carbocycles. The van der Waals surface area contributed by atoms with Crippen molar-refractivity contribution in [3.8, 4) is 0 Å². The van der Waals surface area contributed by atoms with E-state index in [0.29, 0.717) is 11.7 Å². The van der Waals surface area contributed by atoms with Gasteiger partial charge in [0.15, 0.2) is 16.3 Å². The van der Waals surface area contributed by atoms with E-state index in [1.165, 1.54) is 18.5 Å². The minimum absolute atomic E-state index is 0.214. The van der Waals surface area contributed by atoms with Gasteiger partial charge < -0.3 is 14.5 Å². The van der Waals surface area contributed by atoms with Crippen molar-refractivity contribution in [2.24, 2.45) is 7.05 Å². The van der Waals surface area contributed by atoms with Crippen molar-refractivity contribution >= 4 is 28.9 Å². The third-order valence-electron chi connectivity index (χ3n) is 3.11.